The summed E-state index contributed by atoms with van der Waals surface area (Å²) in [4.78, 5) is 13.0. The third-order valence-corrected chi connectivity index (χ3v) is 10.3. The van der Waals surface area contributed by atoms with Crippen molar-refractivity contribution >= 4 is 5.91 Å². The number of carbonyl (C=O) groups excluding carboxylic acids is 1. The standard InChI is InChI=1S/C27H51N7O10/c28-6-15-14(36)4-12(33-7-9-1-10(29)2-9)23(42-15)18-11(30)3-13(34-26(40)27(41)5-17(27)31)24(21(18)38)44-25-22(39)19(32)20(37)16(8-35)43-25/h9-25,33,35-39,41H,1-8,28-32H2,(H,34,40)/t9?,10?,11-,12+,13+,14-,15+,16+,17?,18?,19-,20+,21-,22+,23-,24-,25+,27?/m0/s1. The Labute approximate surface area is 255 Å². The highest BCUT2D eigenvalue weighted by Gasteiger charge is 2.59. The van der Waals surface area contributed by atoms with Crippen LogP contribution in [-0.4, -0.2) is 153 Å². The van der Waals surface area contributed by atoms with Crippen LogP contribution in [0.1, 0.15) is 32.1 Å². The predicted octanol–water partition coefficient (Wildman–Crippen LogP) is -7.03. The number of hydrogen-bond acceptors (Lipinski definition) is 16. The summed E-state index contributed by atoms with van der Waals surface area (Å²) in [6.07, 6.45) is -8.51. The van der Waals surface area contributed by atoms with Gasteiger partial charge in [0.05, 0.1) is 43.1 Å². The Bertz CT molecular complexity index is 997. The van der Waals surface area contributed by atoms with Gasteiger partial charge in [0.2, 0.25) is 0 Å². The molecule has 1 amide bonds. The van der Waals surface area contributed by atoms with Gasteiger partial charge in [0, 0.05) is 43.1 Å². The summed E-state index contributed by atoms with van der Waals surface area (Å²) in [6, 6.07) is -4.00. The molecule has 3 unspecified atom stereocenters. The van der Waals surface area contributed by atoms with Gasteiger partial charge in [-0.1, -0.05) is 0 Å². The molecule has 5 fully saturated rings. The van der Waals surface area contributed by atoms with Crippen LogP contribution in [0.4, 0.5) is 0 Å². The summed E-state index contributed by atoms with van der Waals surface area (Å²) in [5, 5.41) is 70.2. The molecule has 2 saturated heterocycles. The van der Waals surface area contributed by atoms with Crippen LogP contribution >= 0.6 is 0 Å². The normalized spacial score (nSPS) is 52.7. The molecule has 0 bridgehead atoms. The van der Waals surface area contributed by atoms with E-state index in [0.717, 1.165) is 12.8 Å². The SMILES string of the molecule is NC[C@H]1O[C@H](C2[C@@H](N)C[C@@H](NC(=O)C3(O)CC3N)[C@H](O[C@H]3O[C@H](CO)[C@@H](O)[C@H](N)[C@H]3O)[C@H]2O)[C@H](NCC2CC(N)C2)C[C@@H]1O. The largest absolute Gasteiger partial charge is 0.394 e. The van der Waals surface area contributed by atoms with Crippen molar-refractivity contribution < 1.29 is 49.6 Å². The zero-order chi connectivity index (χ0) is 32.1. The molecule has 0 radical (unpaired) electrons. The van der Waals surface area contributed by atoms with Gasteiger partial charge >= 0.3 is 0 Å². The molecule has 18 N–H and O–H groups in total. The Morgan fingerprint density at radius 3 is 2.20 bits per heavy atom. The number of nitrogens with two attached hydrogens (primary N) is 5. The molecule has 16 atom stereocenters. The number of nitrogens with one attached hydrogen (secondary N) is 2. The van der Waals surface area contributed by atoms with E-state index in [9.17, 15) is 35.4 Å². The van der Waals surface area contributed by atoms with Crippen LogP contribution in [0.2, 0.25) is 0 Å². The highest BCUT2D eigenvalue weighted by atomic mass is 16.7. The molecule has 5 rings (SSSR count). The van der Waals surface area contributed by atoms with Crippen molar-refractivity contribution in [2.75, 3.05) is 19.7 Å². The minimum atomic E-state index is -1.78. The van der Waals surface area contributed by atoms with E-state index in [0.29, 0.717) is 12.5 Å². The number of carbonyl (C=O) groups is 1. The lowest BCUT2D eigenvalue weighted by atomic mass is 9.71. The Kier molecular flexibility index (Phi) is 10.5. The number of hydrogen-bond donors (Lipinski definition) is 13. The fraction of sp³-hybridized carbons (Fsp3) is 0.963. The van der Waals surface area contributed by atoms with Crippen molar-refractivity contribution in [3.05, 3.63) is 0 Å². The molecule has 0 spiro atoms. The zero-order valence-corrected chi connectivity index (χ0v) is 24.7. The molecule has 2 aliphatic heterocycles. The van der Waals surface area contributed by atoms with E-state index in [2.05, 4.69) is 10.6 Å². The second-order valence-electron chi connectivity index (χ2n) is 13.5. The maximum atomic E-state index is 13.0. The maximum absolute atomic E-state index is 13.0. The first-order valence-corrected chi connectivity index (χ1v) is 15.6. The van der Waals surface area contributed by atoms with Gasteiger partial charge in [0.25, 0.3) is 5.91 Å². The molecule has 0 aromatic rings. The number of ether oxygens (including phenoxy) is 3. The fourth-order valence-corrected chi connectivity index (χ4v) is 7.24. The molecular formula is C27H51N7O10. The van der Waals surface area contributed by atoms with Crippen LogP contribution in [0.3, 0.4) is 0 Å². The summed E-state index contributed by atoms with van der Waals surface area (Å²) >= 11 is 0. The van der Waals surface area contributed by atoms with Gasteiger partial charge < -0.3 is 84.2 Å². The molecule has 2 heterocycles. The van der Waals surface area contributed by atoms with E-state index in [1.54, 1.807) is 0 Å². The second-order valence-corrected chi connectivity index (χ2v) is 13.5. The van der Waals surface area contributed by atoms with E-state index in [1.165, 1.54) is 0 Å². The van der Waals surface area contributed by atoms with Gasteiger partial charge in [-0.25, -0.2) is 0 Å². The molecule has 254 valence electrons. The van der Waals surface area contributed by atoms with E-state index < -0.39 is 109 Å². The fourth-order valence-electron chi connectivity index (χ4n) is 7.24. The van der Waals surface area contributed by atoms with Crippen molar-refractivity contribution in [3.63, 3.8) is 0 Å². The Morgan fingerprint density at radius 1 is 0.932 bits per heavy atom. The molecule has 3 saturated carbocycles. The van der Waals surface area contributed by atoms with Gasteiger partial charge in [-0.2, -0.15) is 0 Å². The summed E-state index contributed by atoms with van der Waals surface area (Å²) < 4.78 is 18.0. The first-order valence-electron chi connectivity index (χ1n) is 15.6. The lowest BCUT2D eigenvalue weighted by Crippen LogP contribution is -2.70. The summed E-state index contributed by atoms with van der Waals surface area (Å²) in [5.74, 6) is -1.21. The lowest BCUT2D eigenvalue weighted by molar-refractivity contribution is -0.307. The molecule has 17 heteroatoms. The van der Waals surface area contributed by atoms with Crippen LogP contribution in [0.5, 0.6) is 0 Å². The van der Waals surface area contributed by atoms with E-state index >= 15 is 0 Å². The Hall–Kier alpha value is -1.13. The van der Waals surface area contributed by atoms with Crippen LogP contribution in [0, 0.1) is 11.8 Å². The second kappa shape index (κ2) is 13.5. The van der Waals surface area contributed by atoms with Crippen molar-refractivity contribution in [3.8, 4) is 0 Å². The van der Waals surface area contributed by atoms with Crippen LogP contribution in [0.15, 0.2) is 0 Å². The Morgan fingerprint density at radius 2 is 1.61 bits per heavy atom. The van der Waals surface area contributed by atoms with Gasteiger partial charge in [-0.05, 0) is 38.1 Å². The van der Waals surface area contributed by atoms with Crippen LogP contribution in [0.25, 0.3) is 0 Å². The van der Waals surface area contributed by atoms with Gasteiger partial charge in [0.1, 0.15) is 24.4 Å². The molecule has 17 nitrogen and oxygen atoms in total. The average molecular weight is 634 g/mol. The number of rotatable bonds is 10. The highest BCUT2D eigenvalue weighted by molar-refractivity contribution is 5.89. The van der Waals surface area contributed by atoms with Crippen molar-refractivity contribution in [2.24, 2.45) is 40.5 Å². The lowest BCUT2D eigenvalue weighted by Gasteiger charge is -2.52. The smallest absolute Gasteiger partial charge is 0.253 e. The van der Waals surface area contributed by atoms with E-state index in [4.69, 9.17) is 42.9 Å². The maximum Gasteiger partial charge on any atom is 0.253 e. The highest BCUT2D eigenvalue weighted by Crippen LogP contribution is 2.39. The van der Waals surface area contributed by atoms with Crippen LogP contribution in [-0.2, 0) is 19.0 Å². The topological polar surface area (TPSA) is 320 Å². The number of amides is 1. The summed E-state index contributed by atoms with van der Waals surface area (Å²) in [6.45, 7) is 0.0338. The average Bonchev–Trinajstić information content (AvgIpc) is 3.60. The predicted molar refractivity (Wildman–Crippen MR) is 153 cm³/mol. The minimum absolute atomic E-state index is 0.0300. The van der Waals surface area contributed by atoms with E-state index in [-0.39, 0.29) is 31.8 Å². The van der Waals surface area contributed by atoms with Crippen molar-refractivity contribution in [1.82, 2.24) is 10.6 Å². The minimum Gasteiger partial charge on any atom is -0.394 e. The van der Waals surface area contributed by atoms with Crippen molar-refractivity contribution in [1.29, 1.82) is 0 Å². The third-order valence-electron chi connectivity index (χ3n) is 10.3. The molecule has 44 heavy (non-hydrogen) atoms. The first kappa shape index (κ1) is 34.2. The molecule has 0 aromatic heterocycles. The van der Waals surface area contributed by atoms with Gasteiger partial charge in [-0.15, -0.1) is 0 Å². The third kappa shape index (κ3) is 6.65. The Balaban J connectivity index is 1.40. The number of aliphatic hydroxyl groups is 6. The quantitative estimate of drug-likeness (QED) is 0.106. The molecular weight excluding hydrogens is 582 g/mol. The van der Waals surface area contributed by atoms with E-state index in [1.807, 2.05) is 0 Å². The van der Waals surface area contributed by atoms with Gasteiger partial charge in [0.15, 0.2) is 11.9 Å². The zero-order valence-electron chi connectivity index (χ0n) is 24.7. The van der Waals surface area contributed by atoms with Gasteiger partial charge in [-0.3, -0.25) is 4.79 Å². The summed E-state index contributed by atoms with van der Waals surface area (Å²) in [5.41, 5.74) is 28.5. The van der Waals surface area contributed by atoms with Crippen LogP contribution < -0.4 is 39.3 Å². The monoisotopic (exact) mass is 633 g/mol. The molecule has 5 aliphatic rings. The number of aliphatic hydroxyl groups excluding tert-OH is 5. The van der Waals surface area contributed by atoms with Crippen molar-refractivity contribution in [2.45, 2.75) is 129 Å². The summed E-state index contributed by atoms with van der Waals surface area (Å²) in [7, 11) is 0. The molecule has 3 aliphatic carbocycles. The first-order chi connectivity index (χ1) is 20.8. The molecule has 0 aromatic carbocycles.